The molecule has 3 N–H and O–H groups in total. The van der Waals surface area contributed by atoms with Crippen LogP contribution in [0.2, 0.25) is 4.34 Å². The van der Waals surface area contributed by atoms with Gasteiger partial charge in [-0.15, -0.1) is 22.7 Å². The van der Waals surface area contributed by atoms with Crippen molar-refractivity contribution in [3.8, 4) is 9.88 Å². The number of thiazole rings is 1. The Morgan fingerprint density at radius 3 is 2.84 bits per heavy atom. The van der Waals surface area contributed by atoms with Crippen LogP contribution in [0.15, 0.2) is 17.5 Å². The van der Waals surface area contributed by atoms with Gasteiger partial charge in [-0.3, -0.25) is 4.79 Å². The number of hydrogen-bond acceptors (Lipinski definition) is 5. The van der Waals surface area contributed by atoms with Crippen LogP contribution in [-0.2, 0) is 0 Å². The first-order valence-electron chi connectivity index (χ1n) is 5.63. The number of hydrogen-bond donors (Lipinski definition) is 2. The first-order valence-corrected chi connectivity index (χ1v) is 7.71. The van der Waals surface area contributed by atoms with Crippen LogP contribution in [-0.4, -0.2) is 23.0 Å². The lowest BCUT2D eigenvalue weighted by Crippen LogP contribution is -2.45. The summed E-state index contributed by atoms with van der Waals surface area (Å²) in [6.45, 7) is 4.12. The highest BCUT2D eigenvalue weighted by molar-refractivity contribution is 7.23. The lowest BCUT2D eigenvalue weighted by Gasteiger charge is -2.18. The summed E-state index contributed by atoms with van der Waals surface area (Å²) in [5.41, 5.74) is 5.79. The lowest BCUT2D eigenvalue weighted by molar-refractivity contribution is 0.0942. The molecule has 0 unspecified atom stereocenters. The van der Waals surface area contributed by atoms with E-state index in [1.165, 1.54) is 22.7 Å². The second kappa shape index (κ2) is 5.58. The zero-order valence-electron chi connectivity index (χ0n) is 10.6. The number of nitrogens with two attached hydrogens (primary N) is 1. The van der Waals surface area contributed by atoms with Crippen molar-refractivity contribution in [3.63, 3.8) is 0 Å². The van der Waals surface area contributed by atoms with Crippen molar-refractivity contribution in [2.75, 3.05) is 6.54 Å². The van der Waals surface area contributed by atoms with E-state index in [9.17, 15) is 4.79 Å². The molecular weight excluding hydrogens is 302 g/mol. The van der Waals surface area contributed by atoms with E-state index in [1.54, 1.807) is 5.38 Å². The average Bonchev–Trinajstić information content (AvgIpc) is 2.93. The highest BCUT2D eigenvalue weighted by Gasteiger charge is 2.16. The third kappa shape index (κ3) is 4.01. The minimum absolute atomic E-state index is 0.205. The predicted octanol–water partition coefficient (Wildman–Crippen LogP) is 2.99. The summed E-state index contributed by atoms with van der Waals surface area (Å²) < 4.78 is 0.709. The van der Waals surface area contributed by atoms with Gasteiger partial charge in [0.05, 0.1) is 9.21 Å². The molecule has 2 rings (SSSR count). The fraction of sp³-hybridized carbons (Fsp3) is 0.333. The molecule has 0 saturated carbocycles. The van der Waals surface area contributed by atoms with Crippen LogP contribution in [0.3, 0.4) is 0 Å². The molecule has 0 spiro atoms. The Hall–Kier alpha value is -0.950. The normalized spacial score (nSPS) is 11.6. The van der Waals surface area contributed by atoms with E-state index in [-0.39, 0.29) is 5.91 Å². The second-order valence-electron chi connectivity index (χ2n) is 4.81. The molecule has 0 aliphatic rings. The Labute approximate surface area is 124 Å². The fourth-order valence-corrected chi connectivity index (χ4v) is 3.23. The molecule has 0 saturated heterocycles. The van der Waals surface area contributed by atoms with Crippen LogP contribution in [0, 0.1) is 0 Å². The van der Waals surface area contributed by atoms with Crippen molar-refractivity contribution < 1.29 is 4.79 Å². The number of thiophene rings is 1. The van der Waals surface area contributed by atoms with E-state index in [1.807, 2.05) is 26.0 Å². The number of carbonyl (C=O) groups excluding carboxylic acids is 1. The molecular formula is C12H14ClN3OS2. The van der Waals surface area contributed by atoms with Gasteiger partial charge in [-0.2, -0.15) is 0 Å². The van der Waals surface area contributed by atoms with E-state index in [4.69, 9.17) is 17.3 Å². The number of nitrogens with one attached hydrogen (secondary N) is 1. The topological polar surface area (TPSA) is 68.0 Å². The van der Waals surface area contributed by atoms with E-state index in [2.05, 4.69) is 10.3 Å². The third-order valence-electron chi connectivity index (χ3n) is 2.23. The Balaban J connectivity index is 2.07. The van der Waals surface area contributed by atoms with Gasteiger partial charge in [-0.25, -0.2) is 4.98 Å². The van der Waals surface area contributed by atoms with Crippen molar-refractivity contribution in [1.29, 1.82) is 0 Å². The van der Waals surface area contributed by atoms with Crippen molar-refractivity contribution in [1.82, 2.24) is 10.3 Å². The van der Waals surface area contributed by atoms with Gasteiger partial charge < -0.3 is 11.1 Å². The molecule has 0 aromatic carbocycles. The van der Waals surface area contributed by atoms with Crippen molar-refractivity contribution >= 4 is 40.2 Å². The van der Waals surface area contributed by atoms with Gasteiger partial charge in [0.25, 0.3) is 5.91 Å². The molecule has 2 aromatic rings. The molecule has 0 radical (unpaired) electrons. The van der Waals surface area contributed by atoms with Gasteiger partial charge in [0.2, 0.25) is 0 Å². The average molecular weight is 316 g/mol. The SMILES string of the molecule is CC(C)(N)CNC(=O)c1csc(-c2ccc(Cl)s2)n1. The van der Waals surface area contributed by atoms with Crippen LogP contribution in [0.1, 0.15) is 24.3 Å². The highest BCUT2D eigenvalue weighted by atomic mass is 35.5. The van der Waals surface area contributed by atoms with E-state index in [0.29, 0.717) is 16.6 Å². The molecule has 0 bridgehead atoms. The Bertz CT molecular complexity index is 586. The molecule has 0 fully saturated rings. The summed E-state index contributed by atoms with van der Waals surface area (Å²) in [6.07, 6.45) is 0. The van der Waals surface area contributed by atoms with Gasteiger partial charge in [-0.1, -0.05) is 11.6 Å². The smallest absolute Gasteiger partial charge is 0.270 e. The molecule has 2 aromatic heterocycles. The molecule has 2 heterocycles. The molecule has 4 nitrogen and oxygen atoms in total. The zero-order valence-corrected chi connectivity index (χ0v) is 13.0. The first kappa shape index (κ1) is 14.5. The third-order valence-corrected chi connectivity index (χ3v) is 4.47. The fourth-order valence-electron chi connectivity index (χ4n) is 1.32. The Kier molecular flexibility index (Phi) is 4.25. The van der Waals surface area contributed by atoms with Crippen LogP contribution in [0.4, 0.5) is 0 Å². The molecule has 19 heavy (non-hydrogen) atoms. The second-order valence-corrected chi connectivity index (χ2v) is 7.39. The first-order chi connectivity index (χ1) is 8.85. The van der Waals surface area contributed by atoms with E-state index >= 15 is 0 Å². The highest BCUT2D eigenvalue weighted by Crippen LogP contribution is 2.32. The molecule has 0 aliphatic carbocycles. The van der Waals surface area contributed by atoms with E-state index in [0.717, 1.165) is 9.88 Å². The van der Waals surface area contributed by atoms with Crippen molar-refractivity contribution in [3.05, 3.63) is 27.5 Å². The summed E-state index contributed by atoms with van der Waals surface area (Å²) in [6, 6.07) is 3.72. The zero-order chi connectivity index (χ0) is 14.0. The monoisotopic (exact) mass is 315 g/mol. The summed E-state index contributed by atoms with van der Waals surface area (Å²) in [7, 11) is 0. The molecule has 1 amide bonds. The summed E-state index contributed by atoms with van der Waals surface area (Å²) in [5.74, 6) is -0.205. The number of carbonyl (C=O) groups is 1. The maximum atomic E-state index is 11.9. The molecule has 0 aliphatic heterocycles. The standard InChI is InChI=1S/C12H14ClN3OS2/c1-12(2,14)6-15-10(17)7-5-18-11(16-7)8-3-4-9(13)19-8/h3-5H,6,14H2,1-2H3,(H,15,17). The van der Waals surface area contributed by atoms with Crippen LogP contribution < -0.4 is 11.1 Å². The van der Waals surface area contributed by atoms with Gasteiger partial charge >= 0.3 is 0 Å². The number of rotatable bonds is 4. The summed E-state index contributed by atoms with van der Waals surface area (Å²) in [5, 5.41) is 5.30. The van der Waals surface area contributed by atoms with E-state index < -0.39 is 5.54 Å². The van der Waals surface area contributed by atoms with Crippen LogP contribution in [0.25, 0.3) is 9.88 Å². The molecule has 102 valence electrons. The maximum Gasteiger partial charge on any atom is 0.270 e. The Morgan fingerprint density at radius 2 is 2.26 bits per heavy atom. The number of nitrogens with zero attached hydrogens (tertiary/aromatic N) is 1. The van der Waals surface area contributed by atoms with Gasteiger partial charge in [0, 0.05) is 17.5 Å². The van der Waals surface area contributed by atoms with Crippen molar-refractivity contribution in [2.45, 2.75) is 19.4 Å². The van der Waals surface area contributed by atoms with Crippen LogP contribution in [0.5, 0.6) is 0 Å². The minimum atomic E-state index is -0.435. The predicted molar refractivity (Wildman–Crippen MR) is 81.0 cm³/mol. The Morgan fingerprint density at radius 1 is 1.53 bits per heavy atom. The van der Waals surface area contributed by atoms with Gasteiger partial charge in [0.15, 0.2) is 0 Å². The largest absolute Gasteiger partial charge is 0.349 e. The van der Waals surface area contributed by atoms with Gasteiger partial charge in [0.1, 0.15) is 10.7 Å². The quantitative estimate of drug-likeness (QED) is 0.911. The lowest BCUT2D eigenvalue weighted by atomic mass is 10.1. The minimum Gasteiger partial charge on any atom is -0.349 e. The van der Waals surface area contributed by atoms with Crippen molar-refractivity contribution in [2.24, 2.45) is 5.73 Å². The number of amides is 1. The summed E-state index contributed by atoms with van der Waals surface area (Å²) in [4.78, 5) is 17.2. The summed E-state index contributed by atoms with van der Waals surface area (Å²) >= 11 is 8.75. The number of halogens is 1. The van der Waals surface area contributed by atoms with Gasteiger partial charge in [-0.05, 0) is 26.0 Å². The molecule has 0 atom stereocenters. The molecule has 7 heteroatoms. The number of aromatic nitrogens is 1. The maximum absolute atomic E-state index is 11.9. The van der Waals surface area contributed by atoms with Crippen LogP contribution >= 0.6 is 34.3 Å².